The number of aromatic nitrogens is 2. The first kappa shape index (κ1) is 21.9. The van der Waals surface area contributed by atoms with E-state index in [1.54, 1.807) is 18.3 Å². The molecule has 1 aliphatic rings. The number of nitrogens with one attached hydrogen (secondary N) is 1. The van der Waals surface area contributed by atoms with Gasteiger partial charge in [-0.05, 0) is 69.6 Å². The molecule has 0 radical (unpaired) electrons. The second-order valence-corrected chi connectivity index (χ2v) is 8.44. The number of nitro benzene ring substituents is 1. The first-order valence-corrected chi connectivity index (χ1v) is 10.9. The molecule has 0 saturated carbocycles. The van der Waals surface area contributed by atoms with E-state index < -0.39 is 0 Å². The fraction of sp³-hybridized carbons (Fsp3) is 0.304. The van der Waals surface area contributed by atoms with Gasteiger partial charge in [0.1, 0.15) is 0 Å². The summed E-state index contributed by atoms with van der Waals surface area (Å²) in [6.45, 7) is 1.74. The zero-order chi connectivity index (χ0) is 22.7. The van der Waals surface area contributed by atoms with Crippen molar-refractivity contribution >= 4 is 23.0 Å². The lowest BCUT2D eigenvalue weighted by molar-refractivity contribution is -0.384. The van der Waals surface area contributed by atoms with Gasteiger partial charge in [-0.2, -0.15) is 0 Å². The Kier molecular flexibility index (Phi) is 6.48. The molecule has 1 fully saturated rings. The van der Waals surface area contributed by atoms with Gasteiger partial charge in [-0.3, -0.25) is 15.1 Å². The summed E-state index contributed by atoms with van der Waals surface area (Å²) >= 11 is 5.74. The van der Waals surface area contributed by atoms with E-state index in [4.69, 9.17) is 12.2 Å². The van der Waals surface area contributed by atoms with Crippen LogP contribution in [-0.4, -0.2) is 56.6 Å². The third kappa shape index (κ3) is 4.49. The molecular formula is C23H26N6O2S. The molecule has 1 aromatic carbocycles. The van der Waals surface area contributed by atoms with E-state index >= 15 is 0 Å². The predicted molar refractivity (Wildman–Crippen MR) is 128 cm³/mol. The van der Waals surface area contributed by atoms with Crippen LogP contribution in [0.5, 0.6) is 0 Å². The van der Waals surface area contributed by atoms with Crippen LogP contribution in [0.1, 0.15) is 29.9 Å². The van der Waals surface area contributed by atoms with Gasteiger partial charge in [0.2, 0.25) is 0 Å². The van der Waals surface area contributed by atoms with Crippen LogP contribution >= 0.6 is 12.2 Å². The van der Waals surface area contributed by atoms with E-state index in [1.807, 2.05) is 47.2 Å². The Labute approximate surface area is 192 Å². The van der Waals surface area contributed by atoms with Gasteiger partial charge in [-0.1, -0.05) is 12.1 Å². The van der Waals surface area contributed by atoms with Crippen LogP contribution in [0.15, 0.2) is 67.0 Å². The van der Waals surface area contributed by atoms with Crippen molar-refractivity contribution in [2.45, 2.75) is 18.5 Å². The molecule has 1 saturated heterocycles. The maximum atomic E-state index is 11.3. The summed E-state index contributed by atoms with van der Waals surface area (Å²) in [7, 11) is 4.12. The highest BCUT2D eigenvalue weighted by molar-refractivity contribution is 7.80. The van der Waals surface area contributed by atoms with Crippen LogP contribution in [0, 0.1) is 10.1 Å². The van der Waals surface area contributed by atoms with Crippen molar-refractivity contribution in [3.63, 3.8) is 0 Å². The fourth-order valence-electron chi connectivity index (χ4n) is 4.15. The molecule has 3 aromatic rings. The minimum absolute atomic E-state index is 0.0614. The monoisotopic (exact) mass is 450 g/mol. The van der Waals surface area contributed by atoms with Gasteiger partial charge in [0, 0.05) is 36.8 Å². The average molecular weight is 451 g/mol. The third-order valence-electron chi connectivity index (χ3n) is 5.60. The highest BCUT2D eigenvalue weighted by Gasteiger charge is 2.41. The van der Waals surface area contributed by atoms with Crippen molar-refractivity contribution in [1.29, 1.82) is 0 Å². The molecule has 3 heterocycles. The Morgan fingerprint density at radius 3 is 2.75 bits per heavy atom. The molecule has 2 aromatic heterocycles. The molecule has 0 aliphatic carbocycles. The van der Waals surface area contributed by atoms with Crippen LogP contribution in [0.4, 0.5) is 5.69 Å². The fourth-order valence-corrected chi connectivity index (χ4v) is 4.48. The number of pyridine rings is 1. The number of thiocarbonyl (C=S) groups is 1. The lowest BCUT2D eigenvalue weighted by atomic mass is 10.0. The van der Waals surface area contributed by atoms with Crippen molar-refractivity contribution in [3.05, 3.63) is 88.5 Å². The van der Waals surface area contributed by atoms with Crippen LogP contribution < -0.4 is 5.32 Å². The highest BCUT2D eigenvalue weighted by atomic mass is 32.1. The van der Waals surface area contributed by atoms with Gasteiger partial charge in [-0.15, -0.1) is 0 Å². The molecule has 0 bridgehead atoms. The van der Waals surface area contributed by atoms with Crippen LogP contribution in [0.2, 0.25) is 0 Å². The molecule has 9 heteroatoms. The molecule has 32 heavy (non-hydrogen) atoms. The number of non-ortho nitro benzene ring substituents is 1. The van der Waals surface area contributed by atoms with Gasteiger partial charge in [-0.25, -0.2) is 0 Å². The van der Waals surface area contributed by atoms with Crippen molar-refractivity contribution in [3.8, 4) is 5.69 Å². The molecule has 0 spiro atoms. The average Bonchev–Trinajstić information content (AvgIpc) is 3.39. The number of nitro groups is 1. The zero-order valence-electron chi connectivity index (χ0n) is 18.1. The minimum atomic E-state index is -0.372. The van der Waals surface area contributed by atoms with Crippen molar-refractivity contribution in [1.82, 2.24) is 24.7 Å². The summed E-state index contributed by atoms with van der Waals surface area (Å²) in [5.41, 5.74) is 2.71. The zero-order valence-corrected chi connectivity index (χ0v) is 18.9. The molecule has 8 nitrogen and oxygen atoms in total. The number of nitrogens with zero attached hydrogens (tertiary/aromatic N) is 5. The molecule has 0 amide bonds. The second kappa shape index (κ2) is 9.46. The molecule has 0 unspecified atom stereocenters. The number of benzene rings is 1. The lowest BCUT2D eigenvalue weighted by Crippen LogP contribution is -2.33. The van der Waals surface area contributed by atoms with Crippen molar-refractivity contribution in [2.75, 3.05) is 27.2 Å². The van der Waals surface area contributed by atoms with E-state index in [-0.39, 0.29) is 22.7 Å². The second-order valence-electron chi connectivity index (χ2n) is 8.06. The largest absolute Gasteiger partial charge is 0.352 e. The predicted octanol–water partition coefficient (Wildman–Crippen LogP) is 3.70. The Morgan fingerprint density at radius 2 is 2.03 bits per heavy atom. The molecular weight excluding hydrogens is 424 g/mol. The van der Waals surface area contributed by atoms with Crippen LogP contribution in [0.25, 0.3) is 5.69 Å². The van der Waals surface area contributed by atoms with Gasteiger partial charge < -0.3 is 19.7 Å². The Hall–Kier alpha value is -3.30. The SMILES string of the molecule is CN(C)CCCN1C(=S)N[C@@H](c2ccccn2)[C@H]1c1cccn1-c1cccc([N+](=O)[O-])c1. The van der Waals surface area contributed by atoms with Gasteiger partial charge in [0.15, 0.2) is 5.11 Å². The molecule has 2 atom stereocenters. The van der Waals surface area contributed by atoms with Gasteiger partial charge in [0.25, 0.3) is 5.69 Å². The molecule has 4 rings (SSSR count). The first-order valence-electron chi connectivity index (χ1n) is 10.5. The van der Waals surface area contributed by atoms with Gasteiger partial charge in [0.05, 0.1) is 28.4 Å². The highest BCUT2D eigenvalue weighted by Crippen LogP contribution is 2.39. The number of hydrogen-bond donors (Lipinski definition) is 1. The lowest BCUT2D eigenvalue weighted by Gasteiger charge is -2.29. The summed E-state index contributed by atoms with van der Waals surface area (Å²) in [6, 6.07) is 16.3. The van der Waals surface area contributed by atoms with Gasteiger partial charge >= 0.3 is 0 Å². The molecule has 1 N–H and O–H groups in total. The maximum absolute atomic E-state index is 11.3. The van der Waals surface area contributed by atoms with Crippen molar-refractivity contribution in [2.24, 2.45) is 0 Å². The van der Waals surface area contributed by atoms with E-state index in [2.05, 4.69) is 34.2 Å². The Morgan fingerprint density at radius 1 is 1.19 bits per heavy atom. The maximum Gasteiger partial charge on any atom is 0.271 e. The summed E-state index contributed by atoms with van der Waals surface area (Å²) in [6.07, 6.45) is 4.67. The quantitative estimate of drug-likeness (QED) is 0.318. The topological polar surface area (TPSA) is 79.5 Å². The Balaban J connectivity index is 1.75. The smallest absolute Gasteiger partial charge is 0.271 e. The minimum Gasteiger partial charge on any atom is -0.352 e. The summed E-state index contributed by atoms with van der Waals surface area (Å²) in [5.74, 6) is 0. The van der Waals surface area contributed by atoms with E-state index in [1.165, 1.54) is 6.07 Å². The Bertz CT molecular complexity index is 1100. The van der Waals surface area contributed by atoms with Crippen molar-refractivity contribution < 1.29 is 4.92 Å². The molecule has 166 valence electrons. The van der Waals surface area contributed by atoms with Crippen LogP contribution in [-0.2, 0) is 0 Å². The summed E-state index contributed by atoms with van der Waals surface area (Å²) in [5, 5.41) is 15.5. The number of rotatable bonds is 8. The molecule has 1 aliphatic heterocycles. The standard InChI is InChI=1S/C23H26N6O2S/c1-26(2)13-7-15-28-22(21(25-23(28)32)19-10-3-4-12-24-19)20-11-6-14-27(20)17-8-5-9-18(16-17)29(30)31/h3-6,8-12,14,16,21-22H,7,13,15H2,1-2H3,(H,25,32)/t21-,22+/m0/s1. The van der Waals surface area contributed by atoms with E-state index in [0.29, 0.717) is 5.11 Å². The summed E-state index contributed by atoms with van der Waals surface area (Å²) in [4.78, 5) is 19.9. The van der Waals surface area contributed by atoms with E-state index in [0.717, 1.165) is 36.6 Å². The first-order chi connectivity index (χ1) is 15.5. The van der Waals surface area contributed by atoms with E-state index in [9.17, 15) is 10.1 Å². The number of hydrogen-bond acceptors (Lipinski definition) is 5. The summed E-state index contributed by atoms with van der Waals surface area (Å²) < 4.78 is 2.00. The third-order valence-corrected chi connectivity index (χ3v) is 5.96. The van der Waals surface area contributed by atoms with Crippen LogP contribution in [0.3, 0.4) is 0 Å². The normalized spacial score (nSPS) is 18.2.